The highest BCUT2D eigenvalue weighted by molar-refractivity contribution is 9.10. The Hall–Kier alpha value is -2.49. The van der Waals surface area contributed by atoms with Crippen molar-refractivity contribution in [2.24, 2.45) is 0 Å². The second-order valence-corrected chi connectivity index (χ2v) is 7.44. The number of carboxylic acids is 2. The number of phenolic OH excluding ortho intramolecular Hbond substituents is 1. The topological polar surface area (TPSA) is 101 Å². The summed E-state index contributed by atoms with van der Waals surface area (Å²) in [4.78, 5) is 22.8. The van der Waals surface area contributed by atoms with Crippen LogP contribution in [0.25, 0.3) is 0 Å². The molecule has 1 fully saturated rings. The van der Waals surface area contributed by atoms with Gasteiger partial charge in [-0.05, 0) is 24.3 Å². The molecule has 0 atom stereocenters. The number of piperazine rings is 1. The van der Waals surface area contributed by atoms with Crippen LogP contribution >= 0.6 is 15.9 Å². The summed E-state index contributed by atoms with van der Waals surface area (Å²) in [6.07, 6.45) is 0. The molecule has 1 aliphatic rings. The standard InChI is InChI=1S/C18H20BrFN2O.C2H2O4/c19-16-5-6-18(23)15(11-16)13-22-9-7-21(8-10-22)12-14-3-1-2-4-17(14)20;3-1(4)2(5)6/h1-6,11,23H,7-10,12-13H2;(H,3,4)(H,5,6). The van der Waals surface area contributed by atoms with E-state index in [4.69, 9.17) is 19.8 Å². The number of aliphatic carboxylic acids is 2. The zero-order valence-electron chi connectivity index (χ0n) is 15.6. The van der Waals surface area contributed by atoms with Gasteiger partial charge in [-0.25, -0.2) is 14.0 Å². The van der Waals surface area contributed by atoms with E-state index in [1.807, 2.05) is 24.3 Å². The summed E-state index contributed by atoms with van der Waals surface area (Å²) in [6, 6.07) is 12.5. The smallest absolute Gasteiger partial charge is 0.414 e. The third kappa shape index (κ3) is 7.45. The van der Waals surface area contributed by atoms with Gasteiger partial charge in [0.25, 0.3) is 0 Å². The summed E-state index contributed by atoms with van der Waals surface area (Å²) < 4.78 is 14.7. The number of phenols is 1. The first-order valence-electron chi connectivity index (χ1n) is 8.88. The average molecular weight is 469 g/mol. The molecule has 0 spiro atoms. The fourth-order valence-electron chi connectivity index (χ4n) is 2.89. The Morgan fingerprint density at radius 1 is 0.897 bits per heavy atom. The molecule has 29 heavy (non-hydrogen) atoms. The van der Waals surface area contributed by atoms with Gasteiger partial charge in [0, 0.05) is 54.9 Å². The second kappa shape index (κ2) is 10.9. The monoisotopic (exact) mass is 468 g/mol. The zero-order valence-corrected chi connectivity index (χ0v) is 17.2. The fourth-order valence-corrected chi connectivity index (χ4v) is 3.30. The highest BCUT2D eigenvalue weighted by atomic mass is 79.9. The first kappa shape index (κ1) is 22.8. The molecule has 0 saturated carbocycles. The second-order valence-electron chi connectivity index (χ2n) is 6.53. The van der Waals surface area contributed by atoms with Crippen LogP contribution < -0.4 is 0 Å². The van der Waals surface area contributed by atoms with E-state index in [1.165, 1.54) is 6.07 Å². The van der Waals surface area contributed by atoms with Crippen LogP contribution in [-0.4, -0.2) is 63.2 Å². The van der Waals surface area contributed by atoms with Crippen LogP contribution in [0.1, 0.15) is 11.1 Å². The molecule has 2 aromatic carbocycles. The van der Waals surface area contributed by atoms with Gasteiger partial charge >= 0.3 is 11.9 Å². The van der Waals surface area contributed by atoms with Crippen LogP contribution in [0.4, 0.5) is 4.39 Å². The highest BCUT2D eigenvalue weighted by Gasteiger charge is 2.19. The van der Waals surface area contributed by atoms with Crippen molar-refractivity contribution in [1.82, 2.24) is 9.80 Å². The van der Waals surface area contributed by atoms with E-state index in [0.717, 1.165) is 48.3 Å². The molecule has 3 rings (SSSR count). The van der Waals surface area contributed by atoms with Gasteiger partial charge in [0.15, 0.2) is 0 Å². The van der Waals surface area contributed by atoms with Crippen molar-refractivity contribution >= 4 is 27.9 Å². The van der Waals surface area contributed by atoms with Crippen molar-refractivity contribution in [2.45, 2.75) is 13.1 Å². The van der Waals surface area contributed by atoms with E-state index >= 15 is 0 Å². The normalized spacial score (nSPS) is 14.7. The predicted octanol–water partition coefficient (Wildman–Crippen LogP) is 2.77. The van der Waals surface area contributed by atoms with Crippen LogP contribution in [0, 0.1) is 5.82 Å². The molecule has 3 N–H and O–H groups in total. The molecule has 1 heterocycles. The van der Waals surface area contributed by atoms with E-state index in [0.29, 0.717) is 12.3 Å². The van der Waals surface area contributed by atoms with E-state index in [2.05, 4.69) is 25.7 Å². The van der Waals surface area contributed by atoms with Gasteiger partial charge in [-0.15, -0.1) is 0 Å². The maximum atomic E-state index is 13.7. The molecule has 156 valence electrons. The van der Waals surface area contributed by atoms with Crippen molar-refractivity contribution in [1.29, 1.82) is 0 Å². The number of hydrogen-bond donors (Lipinski definition) is 3. The van der Waals surface area contributed by atoms with Crippen molar-refractivity contribution in [3.05, 3.63) is 63.9 Å². The molecule has 9 heteroatoms. The summed E-state index contributed by atoms with van der Waals surface area (Å²) in [7, 11) is 0. The number of carbonyl (C=O) groups is 2. The predicted molar refractivity (Wildman–Crippen MR) is 108 cm³/mol. The van der Waals surface area contributed by atoms with Crippen LogP contribution in [0.3, 0.4) is 0 Å². The summed E-state index contributed by atoms with van der Waals surface area (Å²) in [5, 5.41) is 24.7. The molecule has 0 amide bonds. The van der Waals surface area contributed by atoms with Gasteiger partial charge in [0.1, 0.15) is 11.6 Å². The van der Waals surface area contributed by atoms with E-state index in [1.54, 1.807) is 12.1 Å². The maximum absolute atomic E-state index is 13.7. The lowest BCUT2D eigenvalue weighted by Gasteiger charge is -2.34. The minimum atomic E-state index is -1.82. The molecule has 0 unspecified atom stereocenters. The molecule has 1 aliphatic heterocycles. The molecular formula is C20H22BrFN2O5. The number of rotatable bonds is 4. The maximum Gasteiger partial charge on any atom is 0.414 e. The Morgan fingerprint density at radius 2 is 1.41 bits per heavy atom. The molecule has 0 aliphatic carbocycles. The molecule has 2 aromatic rings. The Bertz CT molecular complexity index is 845. The minimum absolute atomic E-state index is 0.131. The van der Waals surface area contributed by atoms with Crippen molar-refractivity contribution in [3.63, 3.8) is 0 Å². The molecule has 0 bridgehead atoms. The van der Waals surface area contributed by atoms with Crippen LogP contribution in [0.2, 0.25) is 0 Å². The molecule has 0 aromatic heterocycles. The lowest BCUT2D eigenvalue weighted by Crippen LogP contribution is -2.45. The van der Waals surface area contributed by atoms with E-state index in [-0.39, 0.29) is 5.82 Å². The Balaban J connectivity index is 0.000000438. The van der Waals surface area contributed by atoms with Crippen molar-refractivity contribution in [3.8, 4) is 5.75 Å². The number of aromatic hydroxyl groups is 1. The summed E-state index contributed by atoms with van der Waals surface area (Å²) in [5.41, 5.74) is 1.69. The Kier molecular flexibility index (Phi) is 8.56. The lowest BCUT2D eigenvalue weighted by atomic mass is 10.1. The Morgan fingerprint density at radius 3 is 1.93 bits per heavy atom. The van der Waals surface area contributed by atoms with Crippen molar-refractivity contribution < 1.29 is 29.3 Å². The lowest BCUT2D eigenvalue weighted by molar-refractivity contribution is -0.159. The van der Waals surface area contributed by atoms with Crippen LogP contribution in [0.5, 0.6) is 5.75 Å². The van der Waals surface area contributed by atoms with Gasteiger partial charge < -0.3 is 15.3 Å². The number of carboxylic acid groups (broad SMARTS) is 2. The SMILES string of the molecule is O=C(O)C(=O)O.Oc1ccc(Br)cc1CN1CCN(Cc2ccccc2F)CC1. The van der Waals surface area contributed by atoms with E-state index < -0.39 is 11.9 Å². The van der Waals surface area contributed by atoms with Gasteiger partial charge in [-0.2, -0.15) is 0 Å². The molecule has 1 saturated heterocycles. The number of halogens is 2. The zero-order chi connectivity index (χ0) is 21.4. The molecule has 0 radical (unpaired) electrons. The van der Waals surface area contributed by atoms with Gasteiger partial charge in [0.05, 0.1) is 0 Å². The minimum Gasteiger partial charge on any atom is -0.508 e. The number of nitrogens with zero attached hydrogens (tertiary/aromatic N) is 2. The fraction of sp³-hybridized carbons (Fsp3) is 0.300. The summed E-state index contributed by atoms with van der Waals surface area (Å²) >= 11 is 3.44. The third-order valence-corrected chi connectivity index (χ3v) is 4.93. The van der Waals surface area contributed by atoms with E-state index in [9.17, 15) is 9.50 Å². The molecular weight excluding hydrogens is 447 g/mol. The highest BCUT2D eigenvalue weighted by Crippen LogP contribution is 2.24. The average Bonchev–Trinajstić information content (AvgIpc) is 2.68. The van der Waals surface area contributed by atoms with Gasteiger partial charge in [-0.1, -0.05) is 34.1 Å². The molecule has 7 nitrogen and oxygen atoms in total. The van der Waals surface area contributed by atoms with Crippen LogP contribution in [-0.2, 0) is 22.7 Å². The summed E-state index contributed by atoms with van der Waals surface area (Å²) in [5.74, 6) is -3.44. The summed E-state index contributed by atoms with van der Waals surface area (Å²) in [6.45, 7) is 5.04. The van der Waals surface area contributed by atoms with Crippen LogP contribution in [0.15, 0.2) is 46.9 Å². The Labute approximate surface area is 176 Å². The number of benzene rings is 2. The largest absolute Gasteiger partial charge is 0.508 e. The first-order chi connectivity index (χ1) is 13.8. The number of hydrogen-bond acceptors (Lipinski definition) is 5. The quantitative estimate of drug-likeness (QED) is 0.592. The van der Waals surface area contributed by atoms with Gasteiger partial charge in [0.2, 0.25) is 0 Å². The van der Waals surface area contributed by atoms with Crippen molar-refractivity contribution in [2.75, 3.05) is 26.2 Å². The third-order valence-electron chi connectivity index (χ3n) is 4.44. The van der Waals surface area contributed by atoms with Gasteiger partial charge in [-0.3, -0.25) is 9.80 Å². The first-order valence-corrected chi connectivity index (χ1v) is 9.67.